The number of hydrogen-bond donors (Lipinski definition) is 0. The summed E-state index contributed by atoms with van der Waals surface area (Å²) in [5.41, 5.74) is 1.60. The molecule has 1 aromatic heterocycles. The molecule has 3 rings (SSSR count). The van der Waals surface area contributed by atoms with Crippen molar-refractivity contribution in [3.63, 3.8) is 0 Å². The van der Waals surface area contributed by atoms with E-state index in [4.69, 9.17) is 9.47 Å². The van der Waals surface area contributed by atoms with Crippen LogP contribution in [0.25, 0.3) is 0 Å². The molecule has 0 bridgehead atoms. The van der Waals surface area contributed by atoms with Crippen LogP contribution in [0.3, 0.4) is 0 Å². The fraction of sp³-hybridized carbons (Fsp3) is 0.214. The molecule has 0 fully saturated rings. The Kier molecular flexibility index (Phi) is 3.56. The molecule has 0 amide bonds. The molecule has 102 valence electrons. The third-order valence-corrected chi connectivity index (χ3v) is 3.66. The summed E-state index contributed by atoms with van der Waals surface area (Å²) < 4.78 is 10.5. The van der Waals surface area contributed by atoms with Gasteiger partial charge in [-0.25, -0.2) is 9.97 Å². The Morgan fingerprint density at radius 2 is 2.00 bits per heavy atom. The second kappa shape index (κ2) is 5.50. The molecule has 0 aliphatic carbocycles. The molecule has 5 nitrogen and oxygen atoms in total. The number of nitrogens with zero attached hydrogens (tertiary/aromatic N) is 2. The van der Waals surface area contributed by atoms with Crippen LogP contribution in [0.1, 0.15) is 15.9 Å². The van der Waals surface area contributed by atoms with E-state index in [-0.39, 0.29) is 12.6 Å². The molecule has 20 heavy (non-hydrogen) atoms. The van der Waals surface area contributed by atoms with Gasteiger partial charge in [0, 0.05) is 18.0 Å². The Balaban J connectivity index is 1.66. The zero-order valence-corrected chi connectivity index (χ0v) is 11.6. The lowest BCUT2D eigenvalue weighted by Gasteiger charge is -2.02. The summed E-state index contributed by atoms with van der Waals surface area (Å²) in [6.45, 7) is 2.13. The van der Waals surface area contributed by atoms with Crippen molar-refractivity contribution in [1.82, 2.24) is 9.97 Å². The normalized spacial score (nSPS) is 12.4. The predicted molar refractivity (Wildman–Crippen MR) is 74.4 cm³/mol. The van der Waals surface area contributed by atoms with Crippen molar-refractivity contribution in [3.8, 4) is 11.5 Å². The van der Waals surface area contributed by atoms with Gasteiger partial charge in [0.25, 0.3) is 0 Å². The third-order valence-electron chi connectivity index (χ3n) is 2.78. The van der Waals surface area contributed by atoms with Crippen molar-refractivity contribution in [2.75, 3.05) is 12.5 Å². The van der Waals surface area contributed by atoms with E-state index in [1.165, 1.54) is 11.8 Å². The summed E-state index contributed by atoms with van der Waals surface area (Å²) in [6, 6.07) is 5.20. The Morgan fingerprint density at radius 1 is 1.25 bits per heavy atom. The first-order valence-corrected chi connectivity index (χ1v) is 7.05. The van der Waals surface area contributed by atoms with Gasteiger partial charge in [0.2, 0.25) is 6.79 Å². The zero-order valence-electron chi connectivity index (χ0n) is 10.8. The van der Waals surface area contributed by atoms with Crippen LogP contribution in [-0.2, 0) is 0 Å². The number of fused-ring (bicyclic) bond motifs is 1. The van der Waals surface area contributed by atoms with E-state index in [9.17, 15) is 4.79 Å². The van der Waals surface area contributed by atoms with Crippen molar-refractivity contribution in [2.24, 2.45) is 0 Å². The van der Waals surface area contributed by atoms with Crippen molar-refractivity contribution in [1.29, 1.82) is 0 Å². The number of hydrogen-bond acceptors (Lipinski definition) is 6. The number of rotatable bonds is 4. The summed E-state index contributed by atoms with van der Waals surface area (Å²) in [5.74, 6) is 1.60. The summed E-state index contributed by atoms with van der Waals surface area (Å²) in [5, 5.41) is 0.602. The van der Waals surface area contributed by atoms with E-state index in [1.54, 1.807) is 30.6 Å². The van der Waals surface area contributed by atoms with E-state index >= 15 is 0 Å². The standard InChI is InChI=1S/C14H12N2O3S/c1-9-5-15-14(16-6-9)20-7-11(17)10-2-3-12-13(4-10)19-8-18-12/h2-6H,7-8H2,1H3. The second-order valence-electron chi connectivity index (χ2n) is 4.32. The van der Waals surface area contributed by atoms with Crippen LogP contribution in [0, 0.1) is 6.92 Å². The highest BCUT2D eigenvalue weighted by molar-refractivity contribution is 7.99. The Hall–Kier alpha value is -2.08. The minimum atomic E-state index is 0.0116. The maximum Gasteiger partial charge on any atom is 0.231 e. The van der Waals surface area contributed by atoms with E-state index in [0.29, 0.717) is 28.0 Å². The molecule has 0 N–H and O–H groups in total. The predicted octanol–water partition coefficient (Wildman–Crippen LogP) is 2.49. The number of carbonyl (C=O) groups is 1. The molecule has 6 heteroatoms. The van der Waals surface area contributed by atoms with Gasteiger partial charge in [0.1, 0.15) is 0 Å². The van der Waals surface area contributed by atoms with E-state index in [2.05, 4.69) is 9.97 Å². The fourth-order valence-electron chi connectivity index (χ4n) is 1.74. The van der Waals surface area contributed by atoms with Gasteiger partial charge in [-0.3, -0.25) is 4.79 Å². The zero-order chi connectivity index (χ0) is 13.9. The van der Waals surface area contributed by atoms with Crippen LogP contribution in [-0.4, -0.2) is 28.3 Å². The molecule has 1 aliphatic heterocycles. The maximum atomic E-state index is 12.1. The van der Waals surface area contributed by atoms with Gasteiger partial charge in [-0.2, -0.15) is 0 Å². The summed E-state index contributed by atoms with van der Waals surface area (Å²) in [7, 11) is 0. The SMILES string of the molecule is Cc1cnc(SCC(=O)c2ccc3c(c2)OCO3)nc1. The summed E-state index contributed by atoms with van der Waals surface area (Å²) >= 11 is 1.32. The van der Waals surface area contributed by atoms with E-state index in [1.807, 2.05) is 6.92 Å². The average Bonchev–Trinajstić information content (AvgIpc) is 2.93. The van der Waals surface area contributed by atoms with Gasteiger partial charge in [-0.1, -0.05) is 11.8 Å². The van der Waals surface area contributed by atoms with Crippen LogP contribution < -0.4 is 9.47 Å². The Labute approximate surface area is 120 Å². The lowest BCUT2D eigenvalue weighted by atomic mass is 10.1. The molecular formula is C14H12N2O3S. The minimum absolute atomic E-state index is 0.0116. The topological polar surface area (TPSA) is 61.3 Å². The van der Waals surface area contributed by atoms with Crippen LogP contribution in [0.5, 0.6) is 11.5 Å². The highest BCUT2D eigenvalue weighted by Gasteiger charge is 2.16. The first kappa shape index (κ1) is 12.9. The Morgan fingerprint density at radius 3 is 2.80 bits per heavy atom. The molecule has 1 aromatic carbocycles. The summed E-state index contributed by atoms with van der Waals surface area (Å²) in [6.07, 6.45) is 3.47. The number of Topliss-reactive ketones (excluding diaryl/α,β-unsaturated/α-hetero) is 1. The van der Waals surface area contributed by atoms with Gasteiger partial charge in [-0.15, -0.1) is 0 Å². The molecule has 0 unspecified atom stereocenters. The molecule has 0 spiro atoms. The number of carbonyl (C=O) groups excluding carboxylic acids is 1. The number of aryl methyl sites for hydroxylation is 1. The second-order valence-corrected chi connectivity index (χ2v) is 5.27. The number of ether oxygens (including phenoxy) is 2. The molecule has 0 atom stereocenters. The van der Waals surface area contributed by atoms with Crippen LogP contribution in [0.15, 0.2) is 35.7 Å². The van der Waals surface area contributed by atoms with Crippen molar-refractivity contribution in [3.05, 3.63) is 41.7 Å². The molecular weight excluding hydrogens is 276 g/mol. The largest absolute Gasteiger partial charge is 0.454 e. The first-order valence-electron chi connectivity index (χ1n) is 6.07. The number of ketones is 1. The number of aromatic nitrogens is 2. The smallest absolute Gasteiger partial charge is 0.231 e. The van der Waals surface area contributed by atoms with Gasteiger partial charge < -0.3 is 9.47 Å². The van der Waals surface area contributed by atoms with Crippen LogP contribution in [0.4, 0.5) is 0 Å². The lowest BCUT2D eigenvalue weighted by molar-refractivity contribution is 0.102. The lowest BCUT2D eigenvalue weighted by Crippen LogP contribution is -2.03. The molecule has 2 heterocycles. The van der Waals surface area contributed by atoms with Crippen molar-refractivity contribution in [2.45, 2.75) is 12.1 Å². The highest BCUT2D eigenvalue weighted by atomic mass is 32.2. The quantitative estimate of drug-likeness (QED) is 0.489. The average molecular weight is 288 g/mol. The van der Waals surface area contributed by atoms with Gasteiger partial charge in [0.05, 0.1) is 5.75 Å². The third kappa shape index (κ3) is 2.75. The fourth-order valence-corrected chi connectivity index (χ4v) is 2.42. The van der Waals surface area contributed by atoms with E-state index < -0.39 is 0 Å². The molecule has 1 aliphatic rings. The molecule has 0 radical (unpaired) electrons. The monoisotopic (exact) mass is 288 g/mol. The van der Waals surface area contributed by atoms with Crippen LogP contribution in [0.2, 0.25) is 0 Å². The Bertz CT molecular complexity index is 643. The first-order chi connectivity index (χ1) is 9.72. The number of thioether (sulfide) groups is 1. The van der Waals surface area contributed by atoms with Crippen LogP contribution >= 0.6 is 11.8 Å². The van der Waals surface area contributed by atoms with Crippen molar-refractivity contribution >= 4 is 17.5 Å². The highest BCUT2D eigenvalue weighted by Crippen LogP contribution is 2.32. The summed E-state index contributed by atoms with van der Waals surface area (Å²) in [4.78, 5) is 20.4. The molecule has 0 saturated carbocycles. The molecule has 2 aromatic rings. The maximum absolute atomic E-state index is 12.1. The minimum Gasteiger partial charge on any atom is -0.454 e. The van der Waals surface area contributed by atoms with Crippen molar-refractivity contribution < 1.29 is 14.3 Å². The van der Waals surface area contributed by atoms with Gasteiger partial charge >= 0.3 is 0 Å². The van der Waals surface area contributed by atoms with Gasteiger partial charge in [0.15, 0.2) is 22.4 Å². The van der Waals surface area contributed by atoms with Gasteiger partial charge in [-0.05, 0) is 30.7 Å². The number of benzene rings is 1. The molecule has 0 saturated heterocycles. The van der Waals surface area contributed by atoms with E-state index in [0.717, 1.165) is 5.56 Å².